The molecule has 3 rings (SSSR count). The molecule has 0 bridgehead atoms. The Labute approximate surface area is 131 Å². The minimum atomic E-state index is -0.212. The number of piperazine rings is 1. The van der Waals surface area contributed by atoms with Crippen molar-refractivity contribution in [1.82, 2.24) is 20.4 Å². The van der Waals surface area contributed by atoms with Crippen LogP contribution in [0.25, 0.3) is 0 Å². The summed E-state index contributed by atoms with van der Waals surface area (Å²) in [6.45, 7) is 6.66. The van der Waals surface area contributed by atoms with E-state index in [1.807, 2.05) is 11.8 Å². The fraction of sp³-hybridized carbons (Fsp3) is 0.867. The maximum Gasteiger partial charge on any atom is 0.242 e. The molecule has 3 fully saturated rings. The lowest BCUT2D eigenvalue weighted by atomic mass is 10.2. The molecule has 7 nitrogen and oxygen atoms in total. The van der Waals surface area contributed by atoms with Gasteiger partial charge in [-0.05, 0) is 19.8 Å². The summed E-state index contributed by atoms with van der Waals surface area (Å²) >= 11 is 0. The van der Waals surface area contributed by atoms with Crippen molar-refractivity contribution in [3.63, 3.8) is 0 Å². The Bertz CT molecular complexity index is 413. The zero-order valence-electron chi connectivity index (χ0n) is 13.2. The third-order valence-electron chi connectivity index (χ3n) is 4.70. The van der Waals surface area contributed by atoms with Crippen LogP contribution in [-0.4, -0.2) is 85.7 Å². The van der Waals surface area contributed by atoms with Crippen LogP contribution in [0, 0.1) is 0 Å². The van der Waals surface area contributed by atoms with E-state index in [0.717, 1.165) is 32.5 Å². The second-order valence-corrected chi connectivity index (χ2v) is 6.40. The molecule has 1 aliphatic carbocycles. The van der Waals surface area contributed by atoms with Gasteiger partial charge < -0.3 is 20.3 Å². The van der Waals surface area contributed by atoms with Crippen LogP contribution in [0.5, 0.6) is 0 Å². The first-order valence-electron chi connectivity index (χ1n) is 8.29. The molecule has 2 saturated heterocycles. The Morgan fingerprint density at radius 3 is 2.55 bits per heavy atom. The van der Waals surface area contributed by atoms with E-state index in [9.17, 15) is 9.59 Å². The molecule has 22 heavy (non-hydrogen) atoms. The SMILES string of the molecule is CC(C(=O)NC1CC1)N1CCN(C(=O)C2COCCN2)CC1. The molecule has 124 valence electrons. The highest BCUT2D eigenvalue weighted by Crippen LogP contribution is 2.19. The van der Waals surface area contributed by atoms with Gasteiger partial charge >= 0.3 is 0 Å². The van der Waals surface area contributed by atoms with Gasteiger partial charge in [0.05, 0.1) is 19.3 Å². The highest BCUT2D eigenvalue weighted by molar-refractivity contribution is 5.83. The molecule has 0 aromatic rings. The molecule has 0 radical (unpaired) electrons. The first-order valence-corrected chi connectivity index (χ1v) is 8.29. The van der Waals surface area contributed by atoms with E-state index < -0.39 is 0 Å². The molecule has 0 aromatic heterocycles. The fourth-order valence-electron chi connectivity index (χ4n) is 2.99. The van der Waals surface area contributed by atoms with Crippen LogP contribution in [0.2, 0.25) is 0 Å². The van der Waals surface area contributed by atoms with Crippen molar-refractivity contribution >= 4 is 11.8 Å². The molecule has 0 spiro atoms. The molecule has 2 atom stereocenters. The van der Waals surface area contributed by atoms with Crippen LogP contribution in [0.15, 0.2) is 0 Å². The molecule has 3 aliphatic rings. The van der Waals surface area contributed by atoms with Gasteiger partial charge in [0.15, 0.2) is 0 Å². The molecule has 1 saturated carbocycles. The third-order valence-corrected chi connectivity index (χ3v) is 4.70. The molecule has 2 N–H and O–H groups in total. The maximum absolute atomic E-state index is 12.4. The van der Waals surface area contributed by atoms with E-state index in [-0.39, 0.29) is 23.9 Å². The van der Waals surface area contributed by atoms with Gasteiger partial charge in [-0.2, -0.15) is 0 Å². The van der Waals surface area contributed by atoms with E-state index >= 15 is 0 Å². The van der Waals surface area contributed by atoms with Gasteiger partial charge in [-0.3, -0.25) is 14.5 Å². The summed E-state index contributed by atoms with van der Waals surface area (Å²) in [6.07, 6.45) is 2.22. The number of morpholine rings is 1. The summed E-state index contributed by atoms with van der Waals surface area (Å²) in [6, 6.07) is 0.0695. The minimum absolute atomic E-state index is 0.115. The molecular formula is C15H26N4O3. The molecule has 7 heteroatoms. The maximum atomic E-state index is 12.4. The Morgan fingerprint density at radius 2 is 1.95 bits per heavy atom. The lowest BCUT2D eigenvalue weighted by molar-refractivity contribution is -0.139. The summed E-state index contributed by atoms with van der Waals surface area (Å²) in [4.78, 5) is 28.5. The van der Waals surface area contributed by atoms with Crippen molar-refractivity contribution in [2.75, 3.05) is 45.9 Å². The number of hydrogen-bond donors (Lipinski definition) is 2. The second kappa shape index (κ2) is 6.93. The normalized spacial score (nSPS) is 28.2. The molecule has 2 amide bonds. The van der Waals surface area contributed by atoms with Crippen molar-refractivity contribution < 1.29 is 14.3 Å². The van der Waals surface area contributed by atoms with Crippen LogP contribution in [0.4, 0.5) is 0 Å². The largest absolute Gasteiger partial charge is 0.378 e. The molecule has 0 aromatic carbocycles. The summed E-state index contributed by atoms with van der Waals surface area (Å²) in [7, 11) is 0. The van der Waals surface area contributed by atoms with Crippen molar-refractivity contribution in [3.05, 3.63) is 0 Å². The first-order chi connectivity index (χ1) is 10.6. The van der Waals surface area contributed by atoms with Crippen LogP contribution >= 0.6 is 0 Å². The van der Waals surface area contributed by atoms with Crippen LogP contribution < -0.4 is 10.6 Å². The summed E-state index contributed by atoms with van der Waals surface area (Å²) in [5.74, 6) is 0.235. The zero-order chi connectivity index (χ0) is 15.5. The van der Waals surface area contributed by atoms with Crippen molar-refractivity contribution in [2.24, 2.45) is 0 Å². The predicted octanol–water partition coefficient (Wildman–Crippen LogP) is -1.21. The standard InChI is InChI=1S/C15H26N4O3/c1-11(14(20)17-12-2-3-12)18-5-7-19(8-6-18)15(21)13-10-22-9-4-16-13/h11-13,16H,2-10H2,1H3,(H,17,20). The smallest absolute Gasteiger partial charge is 0.242 e. The monoisotopic (exact) mass is 310 g/mol. The van der Waals surface area contributed by atoms with Crippen molar-refractivity contribution in [1.29, 1.82) is 0 Å². The number of hydrogen-bond acceptors (Lipinski definition) is 5. The van der Waals surface area contributed by atoms with Gasteiger partial charge in [0.25, 0.3) is 0 Å². The number of nitrogens with zero attached hydrogens (tertiary/aromatic N) is 2. The van der Waals surface area contributed by atoms with Crippen LogP contribution in [0.3, 0.4) is 0 Å². The predicted molar refractivity (Wildman–Crippen MR) is 81.4 cm³/mol. The van der Waals surface area contributed by atoms with Crippen LogP contribution in [-0.2, 0) is 14.3 Å². The number of carbonyl (C=O) groups is 2. The molecule has 2 unspecified atom stereocenters. The minimum Gasteiger partial charge on any atom is -0.378 e. The second-order valence-electron chi connectivity index (χ2n) is 6.40. The summed E-state index contributed by atoms with van der Waals surface area (Å²) < 4.78 is 5.35. The number of rotatable bonds is 4. The quantitative estimate of drug-likeness (QED) is 0.681. The van der Waals surface area contributed by atoms with E-state index in [2.05, 4.69) is 15.5 Å². The van der Waals surface area contributed by atoms with Crippen molar-refractivity contribution in [2.45, 2.75) is 37.9 Å². The molecule has 2 aliphatic heterocycles. The van der Waals surface area contributed by atoms with Gasteiger partial charge in [0, 0.05) is 38.8 Å². The van der Waals surface area contributed by atoms with Gasteiger partial charge in [-0.15, -0.1) is 0 Å². The Kier molecular flexibility index (Phi) is 4.95. The first kappa shape index (κ1) is 15.7. The van der Waals surface area contributed by atoms with E-state index in [0.29, 0.717) is 32.3 Å². The highest BCUT2D eigenvalue weighted by atomic mass is 16.5. The average molecular weight is 310 g/mol. The fourth-order valence-corrected chi connectivity index (χ4v) is 2.99. The third kappa shape index (κ3) is 3.77. The Balaban J connectivity index is 1.44. The summed E-state index contributed by atoms with van der Waals surface area (Å²) in [5.41, 5.74) is 0. The molecular weight excluding hydrogens is 284 g/mol. The Morgan fingerprint density at radius 1 is 1.23 bits per heavy atom. The van der Waals surface area contributed by atoms with E-state index in [1.165, 1.54) is 0 Å². The van der Waals surface area contributed by atoms with Gasteiger partial charge in [-0.1, -0.05) is 0 Å². The van der Waals surface area contributed by atoms with Gasteiger partial charge in [-0.25, -0.2) is 0 Å². The van der Waals surface area contributed by atoms with Crippen LogP contribution in [0.1, 0.15) is 19.8 Å². The van der Waals surface area contributed by atoms with E-state index in [4.69, 9.17) is 4.74 Å². The zero-order valence-corrected chi connectivity index (χ0v) is 13.2. The number of nitrogens with one attached hydrogen (secondary N) is 2. The summed E-state index contributed by atoms with van der Waals surface area (Å²) in [5, 5.41) is 6.25. The average Bonchev–Trinajstić information content (AvgIpc) is 3.38. The lowest BCUT2D eigenvalue weighted by Crippen LogP contribution is -2.59. The number of amides is 2. The number of carbonyl (C=O) groups excluding carboxylic acids is 2. The van der Waals surface area contributed by atoms with E-state index in [1.54, 1.807) is 0 Å². The Hall–Kier alpha value is -1.18. The lowest BCUT2D eigenvalue weighted by Gasteiger charge is -2.39. The topological polar surface area (TPSA) is 73.9 Å². The van der Waals surface area contributed by atoms with Gasteiger partial charge in [0.1, 0.15) is 6.04 Å². The van der Waals surface area contributed by atoms with Crippen molar-refractivity contribution in [3.8, 4) is 0 Å². The highest BCUT2D eigenvalue weighted by Gasteiger charge is 2.32. The van der Waals surface area contributed by atoms with Gasteiger partial charge in [0.2, 0.25) is 11.8 Å². The number of ether oxygens (including phenoxy) is 1. The molecule has 2 heterocycles.